The Morgan fingerprint density at radius 3 is 2.79 bits per heavy atom. The number of rotatable bonds is 5. The Bertz CT molecular complexity index is 281. The van der Waals surface area contributed by atoms with Crippen molar-refractivity contribution in [1.29, 1.82) is 0 Å². The summed E-state index contributed by atoms with van der Waals surface area (Å²) in [5.41, 5.74) is 4.90. The van der Waals surface area contributed by atoms with E-state index < -0.39 is 5.60 Å². The van der Waals surface area contributed by atoms with E-state index in [1.54, 1.807) is 7.11 Å². The van der Waals surface area contributed by atoms with Crippen LogP contribution < -0.4 is 5.73 Å². The molecule has 0 aliphatic rings. The molecule has 0 aromatic carbocycles. The van der Waals surface area contributed by atoms with Gasteiger partial charge in [-0.3, -0.25) is 0 Å². The summed E-state index contributed by atoms with van der Waals surface area (Å²) >= 11 is 0. The number of hydrogen-bond donors (Lipinski definition) is 1. The van der Waals surface area contributed by atoms with E-state index in [0.29, 0.717) is 24.7 Å². The van der Waals surface area contributed by atoms with Crippen molar-refractivity contribution in [2.45, 2.75) is 32.3 Å². The van der Waals surface area contributed by atoms with Gasteiger partial charge in [0.05, 0.1) is 0 Å². The first-order chi connectivity index (χ1) is 6.66. The van der Waals surface area contributed by atoms with E-state index in [-0.39, 0.29) is 0 Å². The molecular formula is C9H17N3O2. The van der Waals surface area contributed by atoms with Crippen molar-refractivity contribution in [1.82, 2.24) is 10.1 Å². The lowest BCUT2D eigenvalue weighted by atomic mass is 10.0. The van der Waals surface area contributed by atoms with Crippen LogP contribution in [0.5, 0.6) is 0 Å². The summed E-state index contributed by atoms with van der Waals surface area (Å²) in [5, 5.41) is 3.82. The lowest BCUT2D eigenvalue weighted by molar-refractivity contribution is -0.0272. The van der Waals surface area contributed by atoms with Crippen LogP contribution in [-0.2, 0) is 16.8 Å². The molecule has 0 amide bonds. The Labute approximate surface area is 83.6 Å². The molecule has 0 aliphatic heterocycles. The Morgan fingerprint density at radius 1 is 1.57 bits per heavy atom. The highest BCUT2D eigenvalue weighted by atomic mass is 16.5. The molecule has 0 radical (unpaired) electrons. The maximum absolute atomic E-state index is 5.39. The zero-order valence-corrected chi connectivity index (χ0v) is 8.91. The fourth-order valence-corrected chi connectivity index (χ4v) is 1.08. The number of nitrogens with two attached hydrogens (primary N) is 1. The molecule has 0 fully saturated rings. The van der Waals surface area contributed by atoms with Crippen LogP contribution in [0.4, 0.5) is 0 Å². The highest BCUT2D eigenvalue weighted by Gasteiger charge is 2.30. The first-order valence-corrected chi connectivity index (χ1v) is 4.74. The first kappa shape index (κ1) is 11.1. The van der Waals surface area contributed by atoms with Gasteiger partial charge >= 0.3 is 0 Å². The summed E-state index contributed by atoms with van der Waals surface area (Å²) in [6, 6.07) is 0. The molecule has 1 aromatic rings. The molecule has 1 rings (SSSR count). The summed E-state index contributed by atoms with van der Waals surface area (Å²) in [6.45, 7) is 4.46. The summed E-state index contributed by atoms with van der Waals surface area (Å²) in [6.07, 6.45) is 1.42. The molecule has 0 aliphatic carbocycles. The van der Waals surface area contributed by atoms with Gasteiger partial charge in [-0.15, -0.1) is 0 Å². The Balaban J connectivity index is 2.84. The van der Waals surface area contributed by atoms with Crippen LogP contribution in [0.2, 0.25) is 0 Å². The molecule has 5 heteroatoms. The standard InChI is InChI=1S/C9H17N3O2/c1-4-9(2,13-3)8-11-7(5-6-10)12-14-8/h4-6,10H2,1-3H3. The van der Waals surface area contributed by atoms with Crippen molar-refractivity contribution in [3.63, 3.8) is 0 Å². The lowest BCUT2D eigenvalue weighted by Gasteiger charge is -2.21. The average Bonchev–Trinajstić information content (AvgIpc) is 2.66. The minimum Gasteiger partial charge on any atom is -0.369 e. The maximum Gasteiger partial charge on any atom is 0.258 e. The second-order valence-corrected chi connectivity index (χ2v) is 3.34. The summed E-state index contributed by atoms with van der Waals surface area (Å²) in [7, 11) is 1.64. The molecule has 5 nitrogen and oxygen atoms in total. The van der Waals surface area contributed by atoms with Crippen molar-refractivity contribution >= 4 is 0 Å². The average molecular weight is 199 g/mol. The van der Waals surface area contributed by atoms with Crippen molar-refractivity contribution in [2.24, 2.45) is 5.73 Å². The van der Waals surface area contributed by atoms with E-state index in [1.165, 1.54) is 0 Å². The number of aromatic nitrogens is 2. The van der Waals surface area contributed by atoms with Gasteiger partial charge in [0, 0.05) is 13.5 Å². The van der Waals surface area contributed by atoms with Crippen LogP contribution in [0.1, 0.15) is 32.0 Å². The third kappa shape index (κ3) is 2.10. The molecule has 2 N–H and O–H groups in total. The molecule has 0 spiro atoms. The Hall–Kier alpha value is -0.940. The van der Waals surface area contributed by atoms with E-state index in [4.69, 9.17) is 15.0 Å². The quantitative estimate of drug-likeness (QED) is 0.760. The molecule has 1 aromatic heterocycles. The first-order valence-electron chi connectivity index (χ1n) is 4.74. The van der Waals surface area contributed by atoms with Crippen molar-refractivity contribution in [3.8, 4) is 0 Å². The predicted octanol–water partition coefficient (Wildman–Crippen LogP) is 0.842. The van der Waals surface area contributed by atoms with Crippen LogP contribution in [0.25, 0.3) is 0 Å². The van der Waals surface area contributed by atoms with Gasteiger partial charge in [-0.25, -0.2) is 0 Å². The summed E-state index contributed by atoms with van der Waals surface area (Å²) in [4.78, 5) is 4.23. The molecule has 14 heavy (non-hydrogen) atoms. The fraction of sp³-hybridized carbons (Fsp3) is 0.778. The van der Waals surface area contributed by atoms with Gasteiger partial charge < -0.3 is 15.0 Å². The van der Waals surface area contributed by atoms with Crippen LogP contribution >= 0.6 is 0 Å². The van der Waals surface area contributed by atoms with Crippen LogP contribution in [0, 0.1) is 0 Å². The number of nitrogens with zero attached hydrogens (tertiary/aromatic N) is 2. The van der Waals surface area contributed by atoms with E-state index in [1.807, 2.05) is 13.8 Å². The highest BCUT2D eigenvalue weighted by molar-refractivity contribution is 4.97. The number of hydrogen-bond acceptors (Lipinski definition) is 5. The monoisotopic (exact) mass is 199 g/mol. The van der Waals surface area contributed by atoms with Crippen LogP contribution in [0.3, 0.4) is 0 Å². The Morgan fingerprint density at radius 2 is 2.29 bits per heavy atom. The van der Waals surface area contributed by atoms with Crippen molar-refractivity contribution < 1.29 is 9.26 Å². The predicted molar refractivity (Wildman–Crippen MR) is 51.7 cm³/mol. The second kappa shape index (κ2) is 4.52. The van der Waals surface area contributed by atoms with Gasteiger partial charge in [-0.05, 0) is 19.9 Å². The van der Waals surface area contributed by atoms with E-state index in [0.717, 1.165) is 6.42 Å². The number of ether oxygens (including phenoxy) is 1. The van der Waals surface area contributed by atoms with E-state index in [2.05, 4.69) is 10.1 Å². The van der Waals surface area contributed by atoms with Crippen molar-refractivity contribution in [2.75, 3.05) is 13.7 Å². The topological polar surface area (TPSA) is 74.2 Å². The summed E-state index contributed by atoms with van der Waals surface area (Å²) < 4.78 is 10.5. The number of methoxy groups -OCH3 is 1. The fourth-order valence-electron chi connectivity index (χ4n) is 1.08. The van der Waals surface area contributed by atoms with Gasteiger partial charge in [0.25, 0.3) is 5.89 Å². The van der Waals surface area contributed by atoms with Gasteiger partial charge in [0.15, 0.2) is 5.82 Å². The van der Waals surface area contributed by atoms with Gasteiger partial charge in [0.1, 0.15) is 5.60 Å². The smallest absolute Gasteiger partial charge is 0.258 e. The normalized spacial score (nSPS) is 15.4. The van der Waals surface area contributed by atoms with Crippen molar-refractivity contribution in [3.05, 3.63) is 11.7 Å². The van der Waals surface area contributed by atoms with Gasteiger partial charge in [-0.2, -0.15) is 4.98 Å². The minimum absolute atomic E-state index is 0.486. The molecule has 1 atom stereocenters. The molecule has 1 heterocycles. The zero-order valence-electron chi connectivity index (χ0n) is 8.91. The third-order valence-electron chi connectivity index (χ3n) is 2.41. The van der Waals surface area contributed by atoms with Crippen LogP contribution in [0.15, 0.2) is 4.52 Å². The lowest BCUT2D eigenvalue weighted by Crippen LogP contribution is -2.23. The van der Waals surface area contributed by atoms with Gasteiger partial charge in [-0.1, -0.05) is 12.1 Å². The van der Waals surface area contributed by atoms with E-state index >= 15 is 0 Å². The summed E-state index contributed by atoms with van der Waals surface area (Å²) in [5.74, 6) is 1.16. The molecule has 0 saturated heterocycles. The third-order valence-corrected chi connectivity index (χ3v) is 2.41. The SMILES string of the molecule is CCC(C)(OC)c1nc(CCN)no1. The second-order valence-electron chi connectivity index (χ2n) is 3.34. The molecular weight excluding hydrogens is 182 g/mol. The molecule has 80 valence electrons. The largest absolute Gasteiger partial charge is 0.369 e. The van der Waals surface area contributed by atoms with Crippen LogP contribution in [-0.4, -0.2) is 23.8 Å². The minimum atomic E-state index is -0.486. The molecule has 0 bridgehead atoms. The highest BCUT2D eigenvalue weighted by Crippen LogP contribution is 2.26. The molecule has 1 unspecified atom stereocenters. The molecule has 0 saturated carbocycles. The zero-order chi connectivity index (χ0) is 10.6. The van der Waals surface area contributed by atoms with Gasteiger partial charge in [0.2, 0.25) is 0 Å². The van der Waals surface area contributed by atoms with E-state index in [9.17, 15) is 0 Å². The Kier molecular flexibility index (Phi) is 3.60. The maximum atomic E-state index is 5.39.